The standard InChI is InChI=1S/C9H7IO3/c1-13-9(12)8(11)6-4-2-3-5-7(6)10/h2-5H,1H3. The van der Waals surface area contributed by atoms with E-state index in [1.54, 1.807) is 24.3 Å². The van der Waals surface area contributed by atoms with E-state index >= 15 is 0 Å². The highest BCUT2D eigenvalue weighted by Crippen LogP contribution is 2.12. The Hall–Kier alpha value is -0.910. The summed E-state index contributed by atoms with van der Waals surface area (Å²) in [4.78, 5) is 22.2. The van der Waals surface area contributed by atoms with Crippen molar-refractivity contribution in [3.63, 3.8) is 0 Å². The fraction of sp³-hybridized carbons (Fsp3) is 0.111. The van der Waals surface area contributed by atoms with Gasteiger partial charge in [-0.1, -0.05) is 12.1 Å². The van der Waals surface area contributed by atoms with Crippen molar-refractivity contribution in [2.45, 2.75) is 0 Å². The van der Waals surface area contributed by atoms with Gasteiger partial charge in [0.05, 0.1) is 7.11 Å². The molecule has 13 heavy (non-hydrogen) atoms. The fourth-order valence-electron chi connectivity index (χ4n) is 0.848. The van der Waals surface area contributed by atoms with Gasteiger partial charge in [-0.25, -0.2) is 4.79 Å². The Kier molecular flexibility index (Phi) is 3.41. The van der Waals surface area contributed by atoms with Crippen LogP contribution in [0.5, 0.6) is 0 Å². The molecule has 0 N–H and O–H groups in total. The molecule has 0 atom stereocenters. The molecule has 0 unspecified atom stereocenters. The number of methoxy groups -OCH3 is 1. The molecule has 0 spiro atoms. The minimum Gasteiger partial charge on any atom is -0.463 e. The molecule has 0 radical (unpaired) electrons. The summed E-state index contributed by atoms with van der Waals surface area (Å²) in [5, 5.41) is 0. The summed E-state index contributed by atoms with van der Waals surface area (Å²) >= 11 is 2.00. The van der Waals surface area contributed by atoms with Gasteiger partial charge in [-0.15, -0.1) is 0 Å². The van der Waals surface area contributed by atoms with E-state index in [0.717, 1.165) is 3.57 Å². The van der Waals surface area contributed by atoms with Crippen LogP contribution in [0.1, 0.15) is 10.4 Å². The monoisotopic (exact) mass is 290 g/mol. The number of ketones is 1. The van der Waals surface area contributed by atoms with Crippen molar-refractivity contribution in [1.29, 1.82) is 0 Å². The van der Waals surface area contributed by atoms with E-state index in [9.17, 15) is 9.59 Å². The first-order valence-corrected chi connectivity index (χ1v) is 4.62. The number of halogens is 1. The van der Waals surface area contributed by atoms with Crippen LogP contribution in [0.2, 0.25) is 0 Å². The third kappa shape index (κ3) is 2.27. The predicted octanol–water partition coefficient (Wildman–Crippen LogP) is 1.65. The van der Waals surface area contributed by atoms with E-state index in [2.05, 4.69) is 4.74 Å². The van der Waals surface area contributed by atoms with Crippen LogP contribution in [0.15, 0.2) is 24.3 Å². The lowest BCUT2D eigenvalue weighted by molar-refractivity contribution is -0.135. The van der Waals surface area contributed by atoms with Gasteiger partial charge in [0.1, 0.15) is 0 Å². The van der Waals surface area contributed by atoms with Gasteiger partial charge < -0.3 is 4.74 Å². The lowest BCUT2D eigenvalue weighted by Crippen LogP contribution is -2.16. The van der Waals surface area contributed by atoms with E-state index in [4.69, 9.17) is 0 Å². The smallest absolute Gasteiger partial charge is 0.379 e. The number of rotatable bonds is 2. The molecule has 3 nitrogen and oxygen atoms in total. The van der Waals surface area contributed by atoms with Crippen molar-refractivity contribution in [2.75, 3.05) is 7.11 Å². The topological polar surface area (TPSA) is 43.4 Å². The van der Waals surface area contributed by atoms with Crippen molar-refractivity contribution < 1.29 is 14.3 Å². The number of esters is 1. The fourth-order valence-corrected chi connectivity index (χ4v) is 1.48. The van der Waals surface area contributed by atoms with Crippen LogP contribution < -0.4 is 0 Å². The van der Waals surface area contributed by atoms with Crippen LogP contribution in [0.25, 0.3) is 0 Å². The summed E-state index contributed by atoms with van der Waals surface area (Å²) in [5.74, 6) is -1.43. The number of Topliss-reactive ketones (excluding diaryl/α,β-unsaturated/α-hetero) is 1. The average Bonchev–Trinajstić information content (AvgIpc) is 2.16. The number of carbonyl (C=O) groups is 2. The van der Waals surface area contributed by atoms with E-state index in [1.165, 1.54) is 7.11 Å². The zero-order valence-corrected chi connectivity index (χ0v) is 9.07. The number of hydrogen-bond donors (Lipinski definition) is 0. The van der Waals surface area contributed by atoms with E-state index in [-0.39, 0.29) is 0 Å². The Bertz CT molecular complexity index is 346. The van der Waals surface area contributed by atoms with Gasteiger partial charge in [0.25, 0.3) is 5.78 Å². The Balaban J connectivity index is 3.02. The number of benzene rings is 1. The van der Waals surface area contributed by atoms with E-state index in [0.29, 0.717) is 5.56 Å². The Morgan fingerprint density at radius 1 is 1.31 bits per heavy atom. The second-order valence-corrected chi connectivity index (χ2v) is 3.46. The van der Waals surface area contributed by atoms with Crippen molar-refractivity contribution >= 4 is 34.3 Å². The van der Waals surface area contributed by atoms with Crippen LogP contribution in [-0.4, -0.2) is 18.9 Å². The molecule has 0 aliphatic carbocycles. The molecule has 1 aromatic rings. The molecule has 4 heteroatoms. The molecule has 0 saturated carbocycles. The molecule has 68 valence electrons. The minimum absolute atomic E-state index is 0.384. The molecule has 0 bridgehead atoms. The predicted molar refractivity (Wildman–Crippen MR) is 55.5 cm³/mol. The lowest BCUT2D eigenvalue weighted by Gasteiger charge is -2.00. The quantitative estimate of drug-likeness (QED) is 0.360. The largest absolute Gasteiger partial charge is 0.463 e. The van der Waals surface area contributed by atoms with Crippen LogP contribution in [0.4, 0.5) is 0 Å². The zero-order valence-electron chi connectivity index (χ0n) is 6.91. The maximum absolute atomic E-state index is 11.3. The van der Waals surface area contributed by atoms with Crippen molar-refractivity contribution in [3.8, 4) is 0 Å². The van der Waals surface area contributed by atoms with Gasteiger partial charge in [-0.05, 0) is 34.7 Å². The normalized spacial score (nSPS) is 9.38. The van der Waals surface area contributed by atoms with Crippen LogP contribution in [0, 0.1) is 3.57 Å². The Labute approximate surface area is 89.2 Å². The zero-order chi connectivity index (χ0) is 9.84. The van der Waals surface area contributed by atoms with Gasteiger partial charge in [0, 0.05) is 9.13 Å². The molecule has 0 saturated heterocycles. The van der Waals surface area contributed by atoms with Gasteiger partial charge >= 0.3 is 5.97 Å². The van der Waals surface area contributed by atoms with Crippen LogP contribution in [0.3, 0.4) is 0 Å². The summed E-state index contributed by atoms with van der Waals surface area (Å²) in [7, 11) is 1.19. The maximum atomic E-state index is 11.3. The van der Waals surface area contributed by atoms with Gasteiger partial charge in [-0.2, -0.15) is 0 Å². The van der Waals surface area contributed by atoms with Crippen molar-refractivity contribution in [3.05, 3.63) is 33.4 Å². The maximum Gasteiger partial charge on any atom is 0.379 e. The Morgan fingerprint density at radius 2 is 1.92 bits per heavy atom. The molecule has 0 heterocycles. The SMILES string of the molecule is COC(=O)C(=O)c1ccccc1I. The first kappa shape index (κ1) is 10.2. The molecule has 0 fully saturated rings. The summed E-state index contributed by atoms with van der Waals surface area (Å²) in [6, 6.07) is 6.87. The third-order valence-corrected chi connectivity index (χ3v) is 2.43. The van der Waals surface area contributed by atoms with Gasteiger partial charge in [0.2, 0.25) is 0 Å². The van der Waals surface area contributed by atoms with Gasteiger partial charge in [-0.3, -0.25) is 4.79 Å². The molecule has 1 rings (SSSR count). The molecular weight excluding hydrogens is 283 g/mol. The molecule has 0 amide bonds. The minimum atomic E-state index is -0.830. The number of carbonyl (C=O) groups excluding carboxylic acids is 2. The summed E-state index contributed by atoms with van der Waals surface area (Å²) in [5.41, 5.74) is 0.384. The first-order chi connectivity index (χ1) is 6.16. The number of hydrogen-bond acceptors (Lipinski definition) is 3. The molecule has 0 aliphatic heterocycles. The van der Waals surface area contributed by atoms with Crippen LogP contribution in [-0.2, 0) is 9.53 Å². The summed E-state index contributed by atoms with van der Waals surface area (Å²) in [6.07, 6.45) is 0. The molecule has 0 aliphatic rings. The highest BCUT2D eigenvalue weighted by molar-refractivity contribution is 14.1. The molecule has 1 aromatic carbocycles. The second-order valence-electron chi connectivity index (χ2n) is 2.30. The van der Waals surface area contributed by atoms with Gasteiger partial charge in [0.15, 0.2) is 0 Å². The van der Waals surface area contributed by atoms with Crippen molar-refractivity contribution in [1.82, 2.24) is 0 Å². The molecular formula is C9H7IO3. The second kappa shape index (κ2) is 4.36. The first-order valence-electron chi connectivity index (χ1n) is 3.54. The Morgan fingerprint density at radius 3 is 2.46 bits per heavy atom. The van der Waals surface area contributed by atoms with E-state index < -0.39 is 11.8 Å². The number of ether oxygens (including phenoxy) is 1. The third-order valence-electron chi connectivity index (χ3n) is 1.49. The van der Waals surface area contributed by atoms with E-state index in [1.807, 2.05) is 22.6 Å². The van der Waals surface area contributed by atoms with Crippen molar-refractivity contribution in [2.24, 2.45) is 0 Å². The highest BCUT2D eigenvalue weighted by Gasteiger charge is 2.18. The summed E-state index contributed by atoms with van der Waals surface area (Å²) in [6.45, 7) is 0. The molecule has 0 aromatic heterocycles. The highest BCUT2D eigenvalue weighted by atomic mass is 127. The average molecular weight is 290 g/mol. The van der Waals surface area contributed by atoms with Crippen LogP contribution >= 0.6 is 22.6 Å². The summed E-state index contributed by atoms with van der Waals surface area (Å²) < 4.78 is 5.08. The lowest BCUT2D eigenvalue weighted by atomic mass is 10.1.